The molecule has 0 spiro atoms. The van der Waals surface area contributed by atoms with Gasteiger partial charge in [0.1, 0.15) is 5.54 Å². The number of carbonyl (C=O) groups is 2. The first-order valence-electron chi connectivity index (χ1n) is 6.95. The number of ether oxygens (including phenoxy) is 1. The van der Waals surface area contributed by atoms with Crippen LogP contribution in [-0.4, -0.2) is 24.5 Å². The molecular formula is C16H23NO3. The summed E-state index contributed by atoms with van der Waals surface area (Å²) < 4.78 is 4.78. The maximum absolute atomic E-state index is 12.0. The van der Waals surface area contributed by atoms with Crippen molar-refractivity contribution in [1.82, 2.24) is 5.32 Å². The second-order valence-electron chi connectivity index (χ2n) is 5.11. The third-order valence-electron chi connectivity index (χ3n) is 3.28. The average Bonchev–Trinajstić information content (AvgIpc) is 2.45. The van der Waals surface area contributed by atoms with Crippen LogP contribution < -0.4 is 5.32 Å². The summed E-state index contributed by atoms with van der Waals surface area (Å²) in [6.07, 6.45) is 2.39. The summed E-state index contributed by atoms with van der Waals surface area (Å²) in [4.78, 5) is 23.8. The van der Waals surface area contributed by atoms with E-state index in [1.165, 1.54) is 7.11 Å². The lowest BCUT2D eigenvalue weighted by molar-refractivity contribution is -0.150. The summed E-state index contributed by atoms with van der Waals surface area (Å²) in [7, 11) is 1.34. The third kappa shape index (κ3) is 4.68. The molecule has 20 heavy (non-hydrogen) atoms. The lowest BCUT2D eigenvalue weighted by Crippen LogP contribution is -2.52. The number of esters is 1. The van der Waals surface area contributed by atoms with Crippen molar-refractivity contribution in [3.05, 3.63) is 35.9 Å². The molecule has 0 aliphatic heterocycles. The molecule has 1 aromatic rings. The van der Waals surface area contributed by atoms with Crippen LogP contribution in [0.25, 0.3) is 0 Å². The van der Waals surface area contributed by atoms with Crippen LogP contribution in [0.5, 0.6) is 0 Å². The molecule has 1 amide bonds. The van der Waals surface area contributed by atoms with Crippen molar-refractivity contribution in [2.45, 2.75) is 45.1 Å². The van der Waals surface area contributed by atoms with Crippen molar-refractivity contribution >= 4 is 11.9 Å². The molecule has 110 valence electrons. The van der Waals surface area contributed by atoms with Gasteiger partial charge < -0.3 is 10.1 Å². The fourth-order valence-electron chi connectivity index (χ4n) is 2.21. The molecule has 0 heterocycles. The van der Waals surface area contributed by atoms with Crippen LogP contribution in [0.4, 0.5) is 0 Å². The zero-order chi connectivity index (χ0) is 15.0. The van der Waals surface area contributed by atoms with Gasteiger partial charge in [-0.25, -0.2) is 4.79 Å². The normalized spacial score (nSPS) is 13.3. The van der Waals surface area contributed by atoms with Gasteiger partial charge in [0.05, 0.1) is 7.11 Å². The van der Waals surface area contributed by atoms with Gasteiger partial charge in [-0.05, 0) is 25.3 Å². The molecule has 1 atom stereocenters. The molecule has 0 bridgehead atoms. The number of nitrogens with one attached hydrogen (secondary N) is 1. The Morgan fingerprint density at radius 3 is 2.45 bits per heavy atom. The number of benzene rings is 1. The predicted molar refractivity (Wildman–Crippen MR) is 78.2 cm³/mol. The van der Waals surface area contributed by atoms with Crippen molar-refractivity contribution in [2.24, 2.45) is 0 Å². The Hall–Kier alpha value is -1.84. The van der Waals surface area contributed by atoms with Gasteiger partial charge in [0.25, 0.3) is 0 Å². The number of hydrogen-bond donors (Lipinski definition) is 1. The molecule has 0 radical (unpaired) electrons. The Bertz CT molecular complexity index is 444. The lowest BCUT2D eigenvalue weighted by atomic mass is 9.95. The van der Waals surface area contributed by atoms with Crippen LogP contribution in [0.3, 0.4) is 0 Å². The van der Waals surface area contributed by atoms with Crippen molar-refractivity contribution in [3.63, 3.8) is 0 Å². The van der Waals surface area contributed by atoms with Crippen LogP contribution in [0.2, 0.25) is 0 Å². The van der Waals surface area contributed by atoms with Crippen molar-refractivity contribution in [2.75, 3.05) is 7.11 Å². The number of methoxy groups -OCH3 is 1. The second-order valence-corrected chi connectivity index (χ2v) is 5.11. The zero-order valence-corrected chi connectivity index (χ0v) is 12.4. The average molecular weight is 277 g/mol. The van der Waals surface area contributed by atoms with Gasteiger partial charge in [-0.3, -0.25) is 4.79 Å². The van der Waals surface area contributed by atoms with Gasteiger partial charge in [0.15, 0.2) is 0 Å². The van der Waals surface area contributed by atoms with Crippen LogP contribution in [0.1, 0.15) is 38.7 Å². The highest BCUT2D eigenvalue weighted by Crippen LogP contribution is 2.15. The summed E-state index contributed by atoms with van der Waals surface area (Å²) in [5.41, 5.74) is 0.176. The van der Waals surface area contributed by atoms with Crippen molar-refractivity contribution in [1.29, 1.82) is 0 Å². The van der Waals surface area contributed by atoms with E-state index in [2.05, 4.69) is 5.32 Å². The quantitative estimate of drug-likeness (QED) is 0.779. The van der Waals surface area contributed by atoms with E-state index in [1.807, 2.05) is 37.3 Å². The smallest absolute Gasteiger partial charge is 0.331 e. The van der Waals surface area contributed by atoms with Gasteiger partial charge >= 0.3 is 5.97 Å². The minimum atomic E-state index is -0.933. The van der Waals surface area contributed by atoms with Gasteiger partial charge in [-0.15, -0.1) is 0 Å². The topological polar surface area (TPSA) is 55.4 Å². The molecule has 0 aliphatic rings. The van der Waals surface area contributed by atoms with Crippen molar-refractivity contribution in [3.8, 4) is 0 Å². The van der Waals surface area contributed by atoms with Crippen LogP contribution in [0.15, 0.2) is 30.3 Å². The molecule has 4 heteroatoms. The Kier molecular flexibility index (Phi) is 6.22. The minimum Gasteiger partial charge on any atom is -0.467 e. The number of amides is 1. The number of hydrogen-bond acceptors (Lipinski definition) is 3. The second kappa shape index (κ2) is 7.68. The Morgan fingerprint density at radius 1 is 1.25 bits per heavy atom. The molecule has 1 N–H and O–H groups in total. The Balaban J connectivity index is 2.56. The molecule has 0 saturated carbocycles. The van der Waals surface area contributed by atoms with Crippen LogP contribution in [0, 0.1) is 0 Å². The summed E-state index contributed by atoms with van der Waals surface area (Å²) >= 11 is 0. The molecule has 0 fully saturated rings. The summed E-state index contributed by atoms with van der Waals surface area (Å²) in [5.74, 6) is -0.525. The summed E-state index contributed by atoms with van der Waals surface area (Å²) in [6, 6.07) is 9.81. The highest BCUT2D eigenvalue weighted by molar-refractivity contribution is 5.87. The number of carbonyl (C=O) groups excluding carboxylic acids is 2. The van der Waals surface area contributed by atoms with E-state index in [9.17, 15) is 9.59 Å². The van der Waals surface area contributed by atoms with Crippen molar-refractivity contribution < 1.29 is 14.3 Å². The largest absolute Gasteiger partial charge is 0.467 e. The lowest BCUT2D eigenvalue weighted by Gasteiger charge is -2.27. The van der Waals surface area contributed by atoms with E-state index < -0.39 is 11.5 Å². The Morgan fingerprint density at radius 2 is 1.90 bits per heavy atom. The van der Waals surface area contributed by atoms with Crippen LogP contribution >= 0.6 is 0 Å². The number of aryl methyl sites for hydroxylation is 1. The van der Waals surface area contributed by atoms with E-state index in [1.54, 1.807) is 6.92 Å². The fraction of sp³-hybridized carbons (Fsp3) is 0.500. The fourth-order valence-corrected chi connectivity index (χ4v) is 2.21. The number of rotatable bonds is 7. The van der Waals surface area contributed by atoms with Crippen LogP contribution in [-0.2, 0) is 20.7 Å². The summed E-state index contributed by atoms with van der Waals surface area (Å²) in [6.45, 7) is 3.68. The zero-order valence-electron chi connectivity index (χ0n) is 12.4. The van der Waals surface area contributed by atoms with E-state index in [0.717, 1.165) is 12.0 Å². The third-order valence-corrected chi connectivity index (χ3v) is 3.28. The van der Waals surface area contributed by atoms with E-state index in [0.29, 0.717) is 19.3 Å². The SMILES string of the molecule is CCCC(C)(NC(=O)CCc1ccccc1)C(=O)OC. The summed E-state index contributed by atoms with van der Waals surface area (Å²) in [5, 5.41) is 2.80. The first-order chi connectivity index (χ1) is 9.51. The maximum atomic E-state index is 12.0. The monoisotopic (exact) mass is 277 g/mol. The van der Waals surface area contributed by atoms with Gasteiger partial charge in [-0.1, -0.05) is 43.7 Å². The first-order valence-corrected chi connectivity index (χ1v) is 6.95. The highest BCUT2D eigenvalue weighted by Gasteiger charge is 2.34. The van der Waals surface area contributed by atoms with E-state index >= 15 is 0 Å². The molecule has 0 aliphatic carbocycles. The molecular weight excluding hydrogens is 254 g/mol. The molecule has 1 rings (SSSR count). The molecule has 1 unspecified atom stereocenters. The van der Waals surface area contributed by atoms with Gasteiger partial charge in [-0.2, -0.15) is 0 Å². The minimum absolute atomic E-state index is 0.129. The molecule has 1 aromatic carbocycles. The van der Waals surface area contributed by atoms with E-state index in [4.69, 9.17) is 4.74 Å². The molecule has 0 aromatic heterocycles. The molecule has 0 saturated heterocycles. The predicted octanol–water partition coefficient (Wildman–Crippen LogP) is 2.47. The molecule has 4 nitrogen and oxygen atoms in total. The van der Waals surface area contributed by atoms with Gasteiger partial charge in [0, 0.05) is 6.42 Å². The highest BCUT2D eigenvalue weighted by atomic mass is 16.5. The first kappa shape index (κ1) is 16.2. The van der Waals surface area contributed by atoms with E-state index in [-0.39, 0.29) is 5.91 Å². The maximum Gasteiger partial charge on any atom is 0.331 e. The van der Waals surface area contributed by atoms with Gasteiger partial charge in [0.2, 0.25) is 5.91 Å². The Labute approximate surface area is 120 Å². The standard InChI is InChI=1S/C16H23NO3/c1-4-12-16(2,15(19)20-3)17-14(18)11-10-13-8-6-5-7-9-13/h5-9H,4,10-12H2,1-3H3,(H,17,18).